The van der Waals surface area contributed by atoms with Gasteiger partial charge in [0.2, 0.25) is 0 Å². The Morgan fingerprint density at radius 3 is 2.58 bits per heavy atom. The number of amides is 1. The highest BCUT2D eigenvalue weighted by Crippen LogP contribution is 2.25. The summed E-state index contributed by atoms with van der Waals surface area (Å²) in [6, 6.07) is 10.4. The highest BCUT2D eigenvalue weighted by atomic mass is 16.5. The van der Waals surface area contributed by atoms with Crippen molar-refractivity contribution in [1.82, 2.24) is 9.47 Å². The summed E-state index contributed by atoms with van der Waals surface area (Å²) in [5, 5.41) is 0. The van der Waals surface area contributed by atoms with Crippen molar-refractivity contribution in [3.63, 3.8) is 0 Å². The Bertz CT molecular complexity index is 774. The van der Waals surface area contributed by atoms with Crippen LogP contribution in [0.2, 0.25) is 0 Å². The van der Waals surface area contributed by atoms with Gasteiger partial charge in [0.25, 0.3) is 5.91 Å². The molecular weight excluding hydrogens is 300 g/mol. The van der Waals surface area contributed by atoms with Crippen molar-refractivity contribution in [1.29, 1.82) is 0 Å². The molecule has 0 unspecified atom stereocenters. The number of hydrogen-bond acceptors (Lipinski definition) is 2. The summed E-state index contributed by atoms with van der Waals surface area (Å²) in [5.74, 6) is 0.0957. The van der Waals surface area contributed by atoms with E-state index in [4.69, 9.17) is 4.74 Å². The molecule has 0 atom stereocenters. The predicted molar refractivity (Wildman–Crippen MR) is 95.9 cm³/mol. The molecule has 0 aliphatic carbocycles. The highest BCUT2D eigenvalue weighted by molar-refractivity contribution is 5.96. The molecule has 0 N–H and O–H groups in total. The number of aryl methyl sites for hydroxylation is 2. The molecule has 2 heterocycles. The Morgan fingerprint density at radius 2 is 1.92 bits per heavy atom. The van der Waals surface area contributed by atoms with Crippen LogP contribution in [0.15, 0.2) is 30.3 Å². The van der Waals surface area contributed by atoms with Gasteiger partial charge in [-0.05, 0) is 58.4 Å². The molecule has 4 nitrogen and oxygen atoms in total. The van der Waals surface area contributed by atoms with Crippen LogP contribution in [0.1, 0.15) is 41.2 Å². The van der Waals surface area contributed by atoms with Crippen molar-refractivity contribution in [3.05, 3.63) is 52.8 Å². The molecule has 1 aliphatic rings. The first kappa shape index (κ1) is 16.8. The third-order valence-electron chi connectivity index (χ3n) is 4.63. The molecular formula is C20H26N2O2. The molecule has 128 valence electrons. The maximum Gasteiger partial charge on any atom is 0.255 e. The fourth-order valence-corrected chi connectivity index (χ4v) is 3.50. The number of carbonyl (C=O) groups is 1. The van der Waals surface area contributed by atoms with E-state index in [9.17, 15) is 4.79 Å². The van der Waals surface area contributed by atoms with E-state index in [0.29, 0.717) is 19.7 Å². The van der Waals surface area contributed by atoms with Crippen LogP contribution >= 0.6 is 0 Å². The van der Waals surface area contributed by atoms with Gasteiger partial charge in [0.1, 0.15) is 0 Å². The lowest BCUT2D eigenvalue weighted by Crippen LogP contribution is -2.50. The zero-order valence-corrected chi connectivity index (χ0v) is 15.2. The van der Waals surface area contributed by atoms with Gasteiger partial charge >= 0.3 is 0 Å². The zero-order valence-electron chi connectivity index (χ0n) is 15.2. The molecule has 0 bridgehead atoms. The highest BCUT2D eigenvalue weighted by Gasteiger charge is 2.31. The summed E-state index contributed by atoms with van der Waals surface area (Å²) in [7, 11) is 0. The molecule has 1 aromatic carbocycles. The van der Waals surface area contributed by atoms with E-state index in [0.717, 1.165) is 22.6 Å². The van der Waals surface area contributed by atoms with E-state index in [-0.39, 0.29) is 11.5 Å². The van der Waals surface area contributed by atoms with E-state index in [2.05, 4.69) is 42.7 Å². The summed E-state index contributed by atoms with van der Waals surface area (Å²) >= 11 is 0. The number of carbonyl (C=O) groups excluding carboxylic acids is 1. The number of ether oxygens (including phenoxy) is 1. The molecule has 1 amide bonds. The average molecular weight is 326 g/mol. The summed E-state index contributed by atoms with van der Waals surface area (Å²) < 4.78 is 7.88. The normalized spacial score (nSPS) is 17.1. The lowest BCUT2D eigenvalue weighted by Gasteiger charge is -2.38. The minimum Gasteiger partial charge on any atom is -0.372 e. The number of rotatable bonds is 2. The average Bonchev–Trinajstić information content (AvgIpc) is 2.80. The van der Waals surface area contributed by atoms with Crippen LogP contribution in [-0.4, -0.2) is 40.7 Å². The number of morpholine rings is 1. The van der Waals surface area contributed by atoms with Crippen molar-refractivity contribution < 1.29 is 9.53 Å². The molecule has 4 heteroatoms. The van der Waals surface area contributed by atoms with E-state index >= 15 is 0 Å². The van der Waals surface area contributed by atoms with Gasteiger partial charge in [-0.25, -0.2) is 0 Å². The van der Waals surface area contributed by atoms with Crippen molar-refractivity contribution in [3.8, 4) is 5.69 Å². The molecule has 0 radical (unpaired) electrons. The fraction of sp³-hybridized carbons (Fsp3) is 0.450. The van der Waals surface area contributed by atoms with Crippen LogP contribution in [0.25, 0.3) is 5.69 Å². The number of benzene rings is 1. The molecule has 1 aliphatic heterocycles. The SMILES string of the molecule is Cc1cccc(-n2c(C)cc(C(=O)N3CCOC(C)(C)C3)c2C)c1. The second-order valence-electron chi connectivity index (χ2n) is 7.29. The van der Waals surface area contributed by atoms with Gasteiger partial charge < -0.3 is 14.2 Å². The zero-order chi connectivity index (χ0) is 17.5. The number of aromatic nitrogens is 1. The maximum atomic E-state index is 13.0. The number of nitrogens with zero attached hydrogens (tertiary/aromatic N) is 2. The van der Waals surface area contributed by atoms with Crippen molar-refractivity contribution in [2.75, 3.05) is 19.7 Å². The summed E-state index contributed by atoms with van der Waals surface area (Å²) in [6.45, 7) is 12.1. The van der Waals surface area contributed by atoms with Crippen LogP contribution in [0, 0.1) is 20.8 Å². The molecule has 0 saturated carbocycles. The molecule has 3 rings (SSSR count). The Kier molecular flexibility index (Phi) is 4.26. The first-order valence-corrected chi connectivity index (χ1v) is 8.48. The second-order valence-corrected chi connectivity index (χ2v) is 7.29. The Labute approximate surface area is 144 Å². The van der Waals surface area contributed by atoms with Crippen LogP contribution in [0.4, 0.5) is 0 Å². The van der Waals surface area contributed by atoms with E-state index < -0.39 is 0 Å². The van der Waals surface area contributed by atoms with Crippen molar-refractivity contribution >= 4 is 5.91 Å². The van der Waals surface area contributed by atoms with Gasteiger partial charge in [0.05, 0.1) is 17.8 Å². The van der Waals surface area contributed by atoms with Gasteiger partial charge in [-0.15, -0.1) is 0 Å². The first-order chi connectivity index (χ1) is 11.3. The third kappa shape index (κ3) is 3.11. The van der Waals surface area contributed by atoms with Gasteiger partial charge in [0, 0.05) is 30.2 Å². The van der Waals surface area contributed by atoms with Gasteiger partial charge in [-0.2, -0.15) is 0 Å². The number of hydrogen-bond donors (Lipinski definition) is 0. The van der Waals surface area contributed by atoms with E-state index in [1.807, 2.05) is 31.7 Å². The van der Waals surface area contributed by atoms with Crippen LogP contribution < -0.4 is 0 Å². The van der Waals surface area contributed by atoms with Crippen LogP contribution in [-0.2, 0) is 4.74 Å². The minimum absolute atomic E-state index is 0.0957. The molecule has 1 saturated heterocycles. The van der Waals surface area contributed by atoms with Gasteiger partial charge in [-0.3, -0.25) is 4.79 Å². The van der Waals surface area contributed by atoms with E-state index in [1.54, 1.807) is 0 Å². The lowest BCUT2D eigenvalue weighted by molar-refractivity contribution is -0.0764. The monoisotopic (exact) mass is 326 g/mol. The van der Waals surface area contributed by atoms with Crippen LogP contribution in [0.3, 0.4) is 0 Å². The van der Waals surface area contributed by atoms with Crippen molar-refractivity contribution in [2.45, 2.75) is 40.2 Å². The summed E-state index contributed by atoms with van der Waals surface area (Å²) in [4.78, 5) is 14.9. The minimum atomic E-state index is -0.282. The molecule has 24 heavy (non-hydrogen) atoms. The summed E-state index contributed by atoms with van der Waals surface area (Å²) in [6.07, 6.45) is 0. The summed E-state index contributed by atoms with van der Waals surface area (Å²) in [5.41, 5.74) is 4.89. The fourth-order valence-electron chi connectivity index (χ4n) is 3.50. The smallest absolute Gasteiger partial charge is 0.255 e. The largest absolute Gasteiger partial charge is 0.372 e. The molecule has 0 spiro atoms. The Balaban J connectivity index is 1.95. The molecule has 1 aromatic heterocycles. The Morgan fingerprint density at radius 1 is 1.17 bits per heavy atom. The van der Waals surface area contributed by atoms with E-state index in [1.165, 1.54) is 5.56 Å². The Hall–Kier alpha value is -2.07. The standard InChI is InChI=1S/C20H26N2O2/c1-14-7-6-8-17(11-14)22-15(2)12-18(16(22)3)19(23)21-9-10-24-20(4,5)13-21/h6-8,11-12H,9-10,13H2,1-5H3. The lowest BCUT2D eigenvalue weighted by atomic mass is 10.1. The quantitative estimate of drug-likeness (QED) is 0.844. The molecule has 1 fully saturated rings. The second kappa shape index (κ2) is 6.10. The first-order valence-electron chi connectivity index (χ1n) is 8.48. The van der Waals surface area contributed by atoms with Crippen LogP contribution in [0.5, 0.6) is 0 Å². The van der Waals surface area contributed by atoms with Crippen molar-refractivity contribution in [2.24, 2.45) is 0 Å². The maximum absolute atomic E-state index is 13.0. The third-order valence-corrected chi connectivity index (χ3v) is 4.63. The topological polar surface area (TPSA) is 34.5 Å². The van der Waals surface area contributed by atoms with Gasteiger partial charge in [0.15, 0.2) is 0 Å². The van der Waals surface area contributed by atoms with Gasteiger partial charge in [-0.1, -0.05) is 12.1 Å². The molecule has 2 aromatic rings. The predicted octanol–water partition coefficient (Wildman–Crippen LogP) is 3.65.